The topological polar surface area (TPSA) is 15.7 Å². The molecule has 11 rings (SSSR count). The third-order valence-corrected chi connectivity index (χ3v) is 16.6. The van der Waals surface area contributed by atoms with Crippen molar-refractivity contribution in [2.75, 3.05) is 9.80 Å². The largest absolute Gasteiger partial charge is 0.457 e. The van der Waals surface area contributed by atoms with Crippen LogP contribution in [-0.4, -0.2) is 6.71 Å². The van der Waals surface area contributed by atoms with Gasteiger partial charge < -0.3 is 14.5 Å². The molecule has 0 N–H and O–H groups in total. The van der Waals surface area contributed by atoms with Crippen molar-refractivity contribution < 1.29 is 4.74 Å². The molecule has 6 heteroatoms. The molecule has 2 aliphatic heterocycles. The first-order valence-corrected chi connectivity index (χ1v) is 25.6. The van der Waals surface area contributed by atoms with Gasteiger partial charge in [0.2, 0.25) is 0 Å². The van der Waals surface area contributed by atoms with Crippen LogP contribution in [0.2, 0.25) is 0 Å². The Morgan fingerprint density at radius 1 is 0.507 bits per heavy atom. The average molecular weight is 913 g/mol. The summed E-state index contributed by atoms with van der Waals surface area (Å²) >= 11 is 3.80. The maximum Gasteiger partial charge on any atom is 0.268 e. The number of aryl methyl sites for hydroxylation is 1. The Hall–Kier alpha value is -5.82. The first-order chi connectivity index (χ1) is 31.6. The lowest BCUT2D eigenvalue weighted by atomic mass is 9.36. The van der Waals surface area contributed by atoms with Crippen molar-refractivity contribution in [2.24, 2.45) is 0 Å². The van der Waals surface area contributed by atoms with Gasteiger partial charge in [0.15, 0.2) is 0 Å². The van der Waals surface area contributed by atoms with Crippen LogP contribution in [-0.2, 0) is 21.7 Å². The lowest BCUT2D eigenvalue weighted by molar-refractivity contribution is 0.494. The standard InChI is InChI=1S/C61H61BN2OS2/c1-36-32-49-54-50(33-36)65-55-44-34-39(60(8,9)10)23-31-52(44)67-57(55)62(54)45-35-40(61(11,12)13)22-28-46(45)64(49)48-30-29-47(53-43-16-14-15-17-51(43)66-56(48)53)63(41-24-18-37(19-25-41)58(2,3)4)42-26-20-38(21-27-42)59(5,6)7/h14-35H,1-13H3. The van der Waals surface area contributed by atoms with Crippen LogP contribution in [0.25, 0.3) is 30.3 Å². The van der Waals surface area contributed by atoms with E-state index < -0.39 is 0 Å². The molecule has 0 aliphatic carbocycles. The fourth-order valence-electron chi connectivity index (χ4n) is 10.4. The van der Waals surface area contributed by atoms with E-state index in [2.05, 4.69) is 233 Å². The van der Waals surface area contributed by atoms with E-state index in [0.29, 0.717) is 0 Å². The molecule has 0 bridgehead atoms. The van der Waals surface area contributed by atoms with Crippen LogP contribution in [0.4, 0.5) is 34.1 Å². The van der Waals surface area contributed by atoms with Gasteiger partial charge in [-0.05, 0) is 140 Å². The van der Waals surface area contributed by atoms with E-state index >= 15 is 0 Å². The number of nitrogens with zero attached hydrogens (tertiary/aromatic N) is 2. The van der Waals surface area contributed by atoms with Crippen LogP contribution in [0.1, 0.15) is 111 Å². The van der Waals surface area contributed by atoms with Crippen molar-refractivity contribution in [1.82, 2.24) is 0 Å². The molecule has 7 aromatic carbocycles. The zero-order chi connectivity index (χ0) is 47.1. The molecule has 0 spiro atoms. The van der Waals surface area contributed by atoms with Crippen molar-refractivity contribution in [3.8, 4) is 11.5 Å². The highest BCUT2D eigenvalue weighted by Gasteiger charge is 2.45. The minimum atomic E-state index is -0.0357. The van der Waals surface area contributed by atoms with Crippen LogP contribution < -0.4 is 30.2 Å². The molecule has 0 saturated heterocycles. The fourth-order valence-corrected chi connectivity index (χ4v) is 12.8. The number of ether oxygens (including phenoxy) is 1. The molecule has 0 saturated carbocycles. The van der Waals surface area contributed by atoms with Gasteiger partial charge in [0.1, 0.15) is 11.5 Å². The number of hydrogen-bond donors (Lipinski definition) is 0. The molecule has 2 aromatic heterocycles. The molecular weight excluding hydrogens is 852 g/mol. The van der Waals surface area contributed by atoms with E-state index in [0.717, 1.165) is 22.9 Å². The Balaban J connectivity index is 1.18. The molecule has 67 heavy (non-hydrogen) atoms. The van der Waals surface area contributed by atoms with E-state index in [1.54, 1.807) is 0 Å². The third kappa shape index (κ3) is 7.20. The van der Waals surface area contributed by atoms with Crippen molar-refractivity contribution in [2.45, 2.75) is 112 Å². The number of rotatable bonds is 4. The summed E-state index contributed by atoms with van der Waals surface area (Å²) < 4.78 is 12.3. The second kappa shape index (κ2) is 15.1. The van der Waals surface area contributed by atoms with Gasteiger partial charge in [0.25, 0.3) is 6.71 Å². The third-order valence-electron chi connectivity index (χ3n) is 14.2. The second-order valence-corrected chi connectivity index (χ2v) is 25.3. The normalized spacial score (nSPS) is 13.8. The summed E-state index contributed by atoms with van der Waals surface area (Å²) in [4.78, 5) is 5.06. The van der Waals surface area contributed by atoms with E-state index in [9.17, 15) is 0 Å². The van der Waals surface area contributed by atoms with E-state index in [1.807, 2.05) is 22.7 Å². The summed E-state index contributed by atoms with van der Waals surface area (Å²) in [6.45, 7) is 29.9. The summed E-state index contributed by atoms with van der Waals surface area (Å²) in [5.74, 6) is 1.97. The first kappa shape index (κ1) is 43.7. The quantitative estimate of drug-likeness (QED) is 0.164. The van der Waals surface area contributed by atoms with E-state index in [4.69, 9.17) is 4.74 Å². The maximum absolute atomic E-state index is 7.25. The van der Waals surface area contributed by atoms with Crippen molar-refractivity contribution >= 4 is 109 Å². The second-order valence-electron chi connectivity index (χ2n) is 23.2. The van der Waals surface area contributed by atoms with Gasteiger partial charge in [-0.3, -0.25) is 0 Å². The Labute approximate surface area is 406 Å². The minimum Gasteiger partial charge on any atom is -0.457 e. The molecule has 336 valence electrons. The molecule has 9 aromatic rings. The molecule has 3 nitrogen and oxygen atoms in total. The summed E-state index contributed by atoms with van der Waals surface area (Å²) in [5.41, 5.74) is 16.2. The monoisotopic (exact) mass is 912 g/mol. The van der Waals surface area contributed by atoms with Crippen LogP contribution in [0.5, 0.6) is 11.5 Å². The fraction of sp³-hybridized carbons (Fsp3) is 0.279. The van der Waals surface area contributed by atoms with Crippen molar-refractivity contribution in [3.05, 3.63) is 161 Å². The van der Waals surface area contributed by atoms with Gasteiger partial charge in [-0.1, -0.05) is 144 Å². The molecule has 0 atom stereocenters. The minimum absolute atomic E-state index is 0.0250. The first-order valence-electron chi connectivity index (χ1n) is 23.9. The van der Waals surface area contributed by atoms with Gasteiger partial charge in [-0.15, -0.1) is 22.7 Å². The van der Waals surface area contributed by atoms with Gasteiger partial charge in [-0.25, -0.2) is 0 Å². The summed E-state index contributed by atoms with van der Waals surface area (Å²) in [7, 11) is 0. The molecular formula is C61H61BN2OS2. The smallest absolute Gasteiger partial charge is 0.268 e. The SMILES string of the molecule is Cc1cc2c3c(c1)N(c1ccc(N(c4ccc(C(C)(C)C)cc4)c4ccc(C(C)(C)C)cc4)c4c1sc1ccccc14)c1ccc(C(C)(C)C)cc1B3c1sc3ccc(C(C)(C)C)cc3c1O2. The van der Waals surface area contributed by atoms with Crippen molar-refractivity contribution in [1.29, 1.82) is 0 Å². The van der Waals surface area contributed by atoms with Gasteiger partial charge in [0, 0.05) is 53.1 Å². The summed E-state index contributed by atoms with van der Waals surface area (Å²) in [6, 6.07) is 51.2. The maximum atomic E-state index is 7.25. The van der Waals surface area contributed by atoms with Crippen LogP contribution in [0.15, 0.2) is 133 Å². The zero-order valence-corrected chi connectivity index (χ0v) is 43.0. The van der Waals surface area contributed by atoms with Crippen molar-refractivity contribution in [3.63, 3.8) is 0 Å². The number of fused-ring (bicyclic) bond motifs is 9. The average Bonchev–Trinajstić information content (AvgIpc) is 3.84. The van der Waals surface area contributed by atoms with Gasteiger partial charge in [0.05, 0.1) is 16.1 Å². The number of thiophene rings is 2. The van der Waals surface area contributed by atoms with E-state index in [1.165, 1.54) is 96.5 Å². The molecule has 0 unspecified atom stereocenters. The van der Waals surface area contributed by atoms with Crippen LogP contribution >= 0.6 is 22.7 Å². The highest BCUT2D eigenvalue weighted by atomic mass is 32.1. The molecule has 0 fully saturated rings. The predicted octanol–water partition coefficient (Wildman–Crippen LogP) is 16.6. The molecule has 2 aliphatic rings. The molecule has 4 heterocycles. The molecule has 0 amide bonds. The summed E-state index contributed by atoms with van der Waals surface area (Å²) in [6.07, 6.45) is 0. The Kier molecular flexibility index (Phi) is 9.85. The van der Waals surface area contributed by atoms with Gasteiger partial charge >= 0.3 is 0 Å². The van der Waals surface area contributed by atoms with Crippen LogP contribution in [0.3, 0.4) is 0 Å². The number of benzene rings is 7. The van der Waals surface area contributed by atoms with Crippen LogP contribution in [0, 0.1) is 6.92 Å². The van der Waals surface area contributed by atoms with E-state index in [-0.39, 0.29) is 28.4 Å². The number of anilines is 6. The molecule has 0 radical (unpaired) electrons. The predicted molar refractivity (Wildman–Crippen MR) is 295 cm³/mol. The zero-order valence-electron chi connectivity index (χ0n) is 41.4. The highest BCUT2D eigenvalue weighted by molar-refractivity contribution is 7.33. The lowest BCUT2D eigenvalue weighted by Crippen LogP contribution is -2.58. The highest BCUT2D eigenvalue weighted by Crippen LogP contribution is 2.53. The van der Waals surface area contributed by atoms with Gasteiger partial charge in [-0.2, -0.15) is 0 Å². The Morgan fingerprint density at radius 2 is 1.06 bits per heavy atom. The Bertz CT molecular complexity index is 3380. The summed E-state index contributed by atoms with van der Waals surface area (Å²) in [5, 5.41) is 3.73. The Morgan fingerprint density at radius 3 is 1.69 bits per heavy atom. The number of hydrogen-bond acceptors (Lipinski definition) is 5. The lowest BCUT2D eigenvalue weighted by Gasteiger charge is -2.40.